The number of amides is 1. The fourth-order valence-electron chi connectivity index (χ4n) is 3.12. The molecule has 0 unspecified atom stereocenters. The maximum atomic E-state index is 12.8. The smallest absolute Gasteiger partial charge is 0.256 e. The SMILES string of the molecule is Cc1cccc2c1CC(C)(C)N(C(=O)c1ccc(=O)[nH]c1)C2. The average molecular weight is 296 g/mol. The molecule has 0 aliphatic carbocycles. The summed E-state index contributed by atoms with van der Waals surface area (Å²) >= 11 is 0. The van der Waals surface area contributed by atoms with Crippen LogP contribution in [0.4, 0.5) is 0 Å². The zero-order chi connectivity index (χ0) is 15.9. The number of aromatic amines is 1. The number of pyridine rings is 1. The predicted molar refractivity (Wildman–Crippen MR) is 85.9 cm³/mol. The summed E-state index contributed by atoms with van der Waals surface area (Å²) in [6.07, 6.45) is 2.33. The van der Waals surface area contributed by atoms with Crippen molar-refractivity contribution in [3.05, 3.63) is 69.1 Å². The Morgan fingerprint density at radius 2 is 2.00 bits per heavy atom. The normalized spacial score (nSPS) is 16.2. The highest BCUT2D eigenvalue weighted by molar-refractivity contribution is 5.94. The Hall–Kier alpha value is -2.36. The monoisotopic (exact) mass is 296 g/mol. The van der Waals surface area contributed by atoms with E-state index in [0.29, 0.717) is 12.1 Å². The van der Waals surface area contributed by atoms with Gasteiger partial charge in [-0.15, -0.1) is 0 Å². The number of hydrogen-bond donors (Lipinski definition) is 1. The standard InChI is InChI=1S/C18H20N2O2/c1-12-5-4-6-14-11-20(18(2,3)9-15(12)14)17(22)13-7-8-16(21)19-10-13/h4-8,10H,9,11H2,1-3H3,(H,19,21). The molecule has 1 aliphatic heterocycles. The summed E-state index contributed by atoms with van der Waals surface area (Å²) in [4.78, 5) is 28.5. The number of aromatic nitrogens is 1. The lowest BCUT2D eigenvalue weighted by atomic mass is 9.83. The van der Waals surface area contributed by atoms with Gasteiger partial charge in [0, 0.05) is 24.3 Å². The van der Waals surface area contributed by atoms with E-state index in [4.69, 9.17) is 0 Å². The van der Waals surface area contributed by atoms with Crippen LogP contribution >= 0.6 is 0 Å². The van der Waals surface area contributed by atoms with E-state index in [0.717, 1.165) is 6.42 Å². The predicted octanol–water partition coefficient (Wildman–Crippen LogP) is 2.66. The molecule has 0 fully saturated rings. The zero-order valence-electron chi connectivity index (χ0n) is 13.1. The molecule has 1 aromatic heterocycles. The maximum absolute atomic E-state index is 12.8. The number of nitrogens with zero attached hydrogens (tertiary/aromatic N) is 1. The second-order valence-corrected chi connectivity index (χ2v) is 6.53. The molecule has 114 valence electrons. The van der Waals surface area contributed by atoms with Gasteiger partial charge in [0.25, 0.3) is 5.91 Å². The molecule has 1 N–H and O–H groups in total. The molecule has 2 heterocycles. The van der Waals surface area contributed by atoms with Gasteiger partial charge in [-0.05, 0) is 49.9 Å². The molecular formula is C18H20N2O2. The molecular weight excluding hydrogens is 276 g/mol. The second-order valence-electron chi connectivity index (χ2n) is 6.53. The molecule has 4 nitrogen and oxygen atoms in total. The fourth-order valence-corrected chi connectivity index (χ4v) is 3.12. The van der Waals surface area contributed by atoms with Crippen LogP contribution in [-0.4, -0.2) is 21.3 Å². The van der Waals surface area contributed by atoms with Crippen LogP contribution in [0.2, 0.25) is 0 Å². The van der Waals surface area contributed by atoms with Crippen LogP contribution in [0, 0.1) is 6.92 Å². The van der Waals surface area contributed by atoms with E-state index in [1.165, 1.54) is 29.0 Å². The van der Waals surface area contributed by atoms with Gasteiger partial charge in [-0.2, -0.15) is 0 Å². The number of hydrogen-bond acceptors (Lipinski definition) is 2. The van der Waals surface area contributed by atoms with Crippen LogP contribution < -0.4 is 5.56 Å². The molecule has 0 saturated carbocycles. The summed E-state index contributed by atoms with van der Waals surface area (Å²) in [5.74, 6) is -0.0478. The molecule has 0 atom stereocenters. The van der Waals surface area contributed by atoms with Crippen molar-refractivity contribution in [2.75, 3.05) is 0 Å². The van der Waals surface area contributed by atoms with Crippen LogP contribution in [0.3, 0.4) is 0 Å². The van der Waals surface area contributed by atoms with Gasteiger partial charge in [-0.1, -0.05) is 18.2 Å². The minimum Gasteiger partial charge on any atom is -0.329 e. The van der Waals surface area contributed by atoms with Crippen LogP contribution in [0.5, 0.6) is 0 Å². The van der Waals surface area contributed by atoms with E-state index in [2.05, 4.69) is 37.9 Å². The van der Waals surface area contributed by atoms with Crippen molar-refractivity contribution in [1.29, 1.82) is 0 Å². The zero-order valence-corrected chi connectivity index (χ0v) is 13.1. The van der Waals surface area contributed by atoms with Gasteiger partial charge < -0.3 is 9.88 Å². The lowest BCUT2D eigenvalue weighted by molar-refractivity contribution is 0.0487. The molecule has 4 heteroatoms. The number of carbonyl (C=O) groups is 1. The number of carbonyl (C=O) groups excluding carboxylic acids is 1. The summed E-state index contributed by atoms with van der Waals surface area (Å²) in [6, 6.07) is 9.22. The van der Waals surface area contributed by atoms with E-state index >= 15 is 0 Å². The number of nitrogens with one attached hydrogen (secondary N) is 1. The van der Waals surface area contributed by atoms with Gasteiger partial charge in [0.15, 0.2) is 0 Å². The van der Waals surface area contributed by atoms with Gasteiger partial charge in [-0.25, -0.2) is 0 Å². The van der Waals surface area contributed by atoms with Gasteiger partial charge in [0.05, 0.1) is 5.56 Å². The first-order chi connectivity index (χ1) is 10.4. The minimum atomic E-state index is -0.258. The first-order valence-corrected chi connectivity index (χ1v) is 7.46. The highest BCUT2D eigenvalue weighted by Gasteiger charge is 2.36. The molecule has 0 spiro atoms. The van der Waals surface area contributed by atoms with Crippen molar-refractivity contribution in [3.8, 4) is 0 Å². The molecule has 0 radical (unpaired) electrons. The van der Waals surface area contributed by atoms with Gasteiger partial charge in [-0.3, -0.25) is 9.59 Å². The largest absolute Gasteiger partial charge is 0.329 e. The quantitative estimate of drug-likeness (QED) is 0.879. The van der Waals surface area contributed by atoms with Gasteiger partial charge in [0.1, 0.15) is 0 Å². The van der Waals surface area contributed by atoms with Crippen molar-refractivity contribution in [2.24, 2.45) is 0 Å². The first-order valence-electron chi connectivity index (χ1n) is 7.46. The highest BCUT2D eigenvalue weighted by atomic mass is 16.2. The van der Waals surface area contributed by atoms with E-state index in [9.17, 15) is 9.59 Å². The molecule has 3 rings (SSSR count). The van der Waals surface area contributed by atoms with Crippen molar-refractivity contribution >= 4 is 5.91 Å². The van der Waals surface area contributed by atoms with Gasteiger partial charge >= 0.3 is 0 Å². The van der Waals surface area contributed by atoms with E-state index in [-0.39, 0.29) is 17.0 Å². The lowest BCUT2D eigenvalue weighted by Crippen LogP contribution is -2.51. The summed E-state index contributed by atoms with van der Waals surface area (Å²) in [5.41, 5.74) is 3.89. The van der Waals surface area contributed by atoms with Crippen molar-refractivity contribution in [1.82, 2.24) is 9.88 Å². The van der Waals surface area contributed by atoms with Crippen molar-refractivity contribution < 1.29 is 4.79 Å². The fraction of sp³-hybridized carbons (Fsp3) is 0.333. The van der Waals surface area contributed by atoms with Crippen LogP contribution in [0.1, 0.15) is 40.9 Å². The molecule has 22 heavy (non-hydrogen) atoms. The summed E-state index contributed by atoms with van der Waals surface area (Å²) in [7, 11) is 0. The van der Waals surface area contributed by atoms with Crippen LogP contribution in [-0.2, 0) is 13.0 Å². The number of benzene rings is 1. The molecule has 0 saturated heterocycles. The number of rotatable bonds is 1. The third-order valence-corrected chi connectivity index (χ3v) is 4.45. The summed E-state index contributed by atoms with van der Waals surface area (Å²) < 4.78 is 0. The first kappa shape index (κ1) is 14.6. The Kier molecular flexibility index (Phi) is 3.39. The minimum absolute atomic E-state index is 0.0478. The second kappa shape index (κ2) is 5.13. The van der Waals surface area contributed by atoms with E-state index in [1.54, 1.807) is 6.07 Å². The topological polar surface area (TPSA) is 53.2 Å². The number of H-pyrrole nitrogens is 1. The van der Waals surface area contributed by atoms with Crippen LogP contribution in [0.15, 0.2) is 41.3 Å². The third-order valence-electron chi connectivity index (χ3n) is 4.45. The Bertz CT molecular complexity index is 769. The Morgan fingerprint density at radius 3 is 2.68 bits per heavy atom. The molecule has 1 aromatic carbocycles. The van der Waals surface area contributed by atoms with Crippen molar-refractivity contribution in [3.63, 3.8) is 0 Å². The third kappa shape index (κ3) is 2.45. The summed E-state index contributed by atoms with van der Waals surface area (Å²) in [6.45, 7) is 6.90. The van der Waals surface area contributed by atoms with E-state index in [1.807, 2.05) is 11.0 Å². The highest BCUT2D eigenvalue weighted by Crippen LogP contribution is 2.33. The molecule has 2 aromatic rings. The average Bonchev–Trinajstić information content (AvgIpc) is 2.47. The molecule has 1 amide bonds. The van der Waals surface area contributed by atoms with Crippen LogP contribution in [0.25, 0.3) is 0 Å². The molecule has 0 bridgehead atoms. The lowest BCUT2D eigenvalue weighted by Gasteiger charge is -2.44. The number of aryl methyl sites for hydroxylation is 1. The van der Waals surface area contributed by atoms with E-state index < -0.39 is 0 Å². The maximum Gasteiger partial charge on any atom is 0.256 e. The molecule has 1 aliphatic rings. The van der Waals surface area contributed by atoms with Crippen molar-refractivity contribution in [2.45, 2.75) is 39.3 Å². The summed E-state index contributed by atoms with van der Waals surface area (Å²) in [5, 5.41) is 0. The number of fused-ring (bicyclic) bond motifs is 1. The Morgan fingerprint density at radius 1 is 1.23 bits per heavy atom. The van der Waals surface area contributed by atoms with Gasteiger partial charge in [0.2, 0.25) is 5.56 Å². The Balaban J connectivity index is 1.98. The Labute approximate surface area is 129 Å².